The van der Waals surface area contributed by atoms with Gasteiger partial charge in [-0.25, -0.2) is 4.98 Å². The van der Waals surface area contributed by atoms with Gasteiger partial charge in [-0.3, -0.25) is 19.3 Å². The van der Waals surface area contributed by atoms with Crippen LogP contribution in [0.1, 0.15) is 18.2 Å². The maximum atomic E-state index is 13.2. The molecule has 1 fully saturated rings. The largest absolute Gasteiger partial charge is 1.00 e. The number of fused-ring (bicyclic) bond motifs is 1. The van der Waals surface area contributed by atoms with Crippen molar-refractivity contribution in [1.82, 2.24) is 15.2 Å². The first-order valence-corrected chi connectivity index (χ1v) is 12.0. The molecule has 0 aliphatic carbocycles. The number of nitrogens with two attached hydrogens (primary N) is 1. The number of aliphatic carboxylic acids is 1. The van der Waals surface area contributed by atoms with E-state index in [2.05, 4.69) is 10.3 Å². The van der Waals surface area contributed by atoms with Crippen molar-refractivity contribution in [3.63, 3.8) is 0 Å². The Kier molecular flexibility index (Phi) is 8.78. The number of benzene rings is 1. The second-order valence-corrected chi connectivity index (χ2v) is 9.42. The number of carbonyl (C=O) groups excluding carboxylic acids is 4. The van der Waals surface area contributed by atoms with Crippen LogP contribution in [0, 0.1) is 0 Å². The number of carbonyl (C=O) groups is 4. The maximum Gasteiger partial charge on any atom is 1.00 e. The van der Waals surface area contributed by atoms with Gasteiger partial charge in [0.15, 0.2) is 5.13 Å². The average molecular weight is 523 g/mol. The first kappa shape index (κ1) is 27.0. The Morgan fingerprint density at radius 1 is 1.31 bits per heavy atom. The number of nitrogens with one attached hydrogen (secondary N) is 1. The number of aromatic nitrogens is 1. The molecule has 10 nitrogen and oxygen atoms in total. The van der Waals surface area contributed by atoms with Crippen LogP contribution < -0.4 is 45.7 Å². The van der Waals surface area contributed by atoms with Crippen LogP contribution in [-0.4, -0.2) is 57.4 Å². The molecule has 0 bridgehead atoms. The van der Waals surface area contributed by atoms with Crippen molar-refractivity contribution in [2.75, 3.05) is 18.1 Å². The predicted molar refractivity (Wildman–Crippen MR) is 125 cm³/mol. The van der Waals surface area contributed by atoms with Gasteiger partial charge in [0.25, 0.3) is 11.8 Å². The fourth-order valence-corrected chi connectivity index (χ4v) is 5.46. The van der Waals surface area contributed by atoms with Crippen molar-refractivity contribution in [3.8, 4) is 0 Å². The molecule has 2 atom stereocenters. The number of rotatable bonds is 7. The van der Waals surface area contributed by atoms with E-state index in [1.54, 1.807) is 11.5 Å². The van der Waals surface area contributed by atoms with Crippen LogP contribution in [0.15, 0.2) is 47.0 Å². The summed E-state index contributed by atoms with van der Waals surface area (Å²) >= 11 is 2.44. The number of carboxylic acid groups (broad SMARTS) is 1. The third-order valence-electron chi connectivity index (χ3n) is 5.13. The van der Waals surface area contributed by atoms with E-state index >= 15 is 0 Å². The van der Waals surface area contributed by atoms with Gasteiger partial charge in [-0.05, 0) is 11.6 Å². The number of carboxylic acids is 1. The normalized spacial score (nSPS) is 19.3. The molecule has 176 valence electrons. The Morgan fingerprint density at radius 3 is 2.63 bits per heavy atom. The van der Waals surface area contributed by atoms with Gasteiger partial charge >= 0.3 is 35.5 Å². The molecule has 1 unspecified atom stereocenters. The summed E-state index contributed by atoms with van der Waals surface area (Å²) in [6.45, 7) is 0.948. The molecule has 2 aliphatic heterocycles. The number of β-lactam (4-membered cyclic amide) rings is 1. The van der Waals surface area contributed by atoms with E-state index in [9.17, 15) is 24.3 Å². The van der Waals surface area contributed by atoms with Crippen LogP contribution in [0.3, 0.4) is 0 Å². The minimum atomic E-state index is -1.55. The molecule has 3 heterocycles. The van der Waals surface area contributed by atoms with E-state index in [4.69, 9.17) is 10.5 Å². The van der Waals surface area contributed by atoms with E-state index in [0.717, 1.165) is 10.5 Å². The fraction of sp³-hybridized carbons (Fsp3) is 0.227. The zero-order valence-electron chi connectivity index (χ0n) is 18.8. The summed E-state index contributed by atoms with van der Waals surface area (Å²) in [5.74, 6) is -3.06. The fourth-order valence-electron chi connectivity index (χ4n) is 3.57. The molecule has 35 heavy (non-hydrogen) atoms. The second-order valence-electron chi connectivity index (χ2n) is 7.42. The summed E-state index contributed by atoms with van der Waals surface area (Å²) in [5, 5.41) is 15.7. The van der Waals surface area contributed by atoms with Gasteiger partial charge < -0.3 is 25.7 Å². The molecule has 1 aromatic heterocycles. The number of thioether (sulfide) groups is 1. The van der Waals surface area contributed by atoms with E-state index in [1.165, 1.54) is 30.0 Å². The quantitative estimate of drug-likeness (QED) is 0.170. The van der Waals surface area contributed by atoms with E-state index in [1.807, 2.05) is 30.3 Å². The molecule has 2 aliphatic rings. The van der Waals surface area contributed by atoms with Crippen molar-refractivity contribution in [3.05, 3.63) is 58.2 Å². The standard InChI is InChI=1S/C22H20N4O6S2.Na/c1-11(27)32-8-13-9-33-20-16(19(29)26(20)17(13)21(30)31)25-18(28)14(15-10-34-22(23)24-15)7-12-5-3-2-4-6-12;/h2-7,10,16,20H,8-9H2,1H3,(H2,23,24)(H,25,28)(H,30,31);/q;+1/p-1/b14-7+;/t16?,20-;/m1./s1. The van der Waals surface area contributed by atoms with E-state index in [-0.39, 0.29) is 58.8 Å². The Bertz CT molecular complexity index is 1230. The van der Waals surface area contributed by atoms with E-state index in [0.29, 0.717) is 10.8 Å². The molecule has 0 saturated carbocycles. The van der Waals surface area contributed by atoms with Crippen LogP contribution in [0.5, 0.6) is 0 Å². The van der Waals surface area contributed by atoms with Crippen molar-refractivity contribution in [2.24, 2.45) is 0 Å². The van der Waals surface area contributed by atoms with Crippen molar-refractivity contribution < 1.29 is 58.6 Å². The van der Waals surface area contributed by atoms with Gasteiger partial charge in [0.2, 0.25) is 0 Å². The molecule has 2 aromatic rings. The SMILES string of the molecule is CC(=O)OCC1=C(C(=O)[O-])N2C(=O)C(NC(=O)/C(=C/c3ccccc3)c3csc(N)n3)[C@H]2SC1.[Na+]. The smallest absolute Gasteiger partial charge is 0.543 e. The number of nitrogen functional groups attached to an aromatic ring is 1. The van der Waals surface area contributed by atoms with Crippen molar-refractivity contribution in [1.29, 1.82) is 0 Å². The van der Waals surface area contributed by atoms with Crippen LogP contribution in [0.2, 0.25) is 0 Å². The van der Waals surface area contributed by atoms with Gasteiger partial charge in [0, 0.05) is 23.6 Å². The summed E-state index contributed by atoms with van der Waals surface area (Å²) in [6, 6.07) is 8.18. The van der Waals surface area contributed by atoms with Gasteiger partial charge in [-0.15, -0.1) is 23.1 Å². The van der Waals surface area contributed by atoms with Gasteiger partial charge in [-0.1, -0.05) is 30.3 Å². The van der Waals surface area contributed by atoms with Gasteiger partial charge in [-0.2, -0.15) is 0 Å². The van der Waals surface area contributed by atoms with Gasteiger partial charge in [0.05, 0.1) is 22.9 Å². The Hall–Kier alpha value is -2.64. The number of anilines is 1. The number of thiazole rings is 1. The minimum Gasteiger partial charge on any atom is -0.543 e. The first-order valence-electron chi connectivity index (χ1n) is 10.1. The molecule has 3 N–H and O–H groups in total. The zero-order valence-corrected chi connectivity index (χ0v) is 22.5. The van der Waals surface area contributed by atoms with Crippen molar-refractivity contribution >= 4 is 63.6 Å². The molecule has 4 rings (SSSR count). The minimum absolute atomic E-state index is 0. The summed E-state index contributed by atoms with van der Waals surface area (Å²) in [5.41, 5.74) is 7.02. The topological polar surface area (TPSA) is 155 Å². The van der Waals surface area contributed by atoms with Gasteiger partial charge in [0.1, 0.15) is 18.0 Å². The molecule has 1 aromatic carbocycles. The monoisotopic (exact) mass is 522 g/mol. The second kappa shape index (κ2) is 11.4. The average Bonchev–Trinajstić information content (AvgIpc) is 3.25. The Balaban J connectivity index is 0.00000342. The van der Waals surface area contributed by atoms with Crippen molar-refractivity contribution in [2.45, 2.75) is 18.3 Å². The number of ether oxygens (including phenoxy) is 1. The van der Waals surface area contributed by atoms with Crippen LogP contribution >= 0.6 is 23.1 Å². The summed E-state index contributed by atoms with van der Waals surface area (Å²) in [4.78, 5) is 54.2. The molecule has 13 heteroatoms. The van der Waals surface area contributed by atoms with Crippen LogP contribution in [-0.2, 0) is 23.9 Å². The number of esters is 1. The Labute approximate surface area is 230 Å². The molecular weight excluding hydrogens is 503 g/mol. The summed E-state index contributed by atoms with van der Waals surface area (Å²) < 4.78 is 4.90. The summed E-state index contributed by atoms with van der Waals surface area (Å²) in [7, 11) is 0. The Morgan fingerprint density at radius 2 is 2.03 bits per heavy atom. The molecule has 0 spiro atoms. The van der Waals surface area contributed by atoms with Crippen LogP contribution in [0.25, 0.3) is 11.6 Å². The maximum absolute atomic E-state index is 13.2. The molecule has 2 amide bonds. The molecular formula is C22H19N4NaO6S2. The van der Waals surface area contributed by atoms with E-state index < -0.39 is 35.2 Å². The first-order chi connectivity index (χ1) is 16.3. The number of amides is 2. The number of hydrogen-bond acceptors (Lipinski definition) is 10. The predicted octanol–water partition coefficient (Wildman–Crippen LogP) is -2.76. The number of hydrogen-bond donors (Lipinski definition) is 2. The summed E-state index contributed by atoms with van der Waals surface area (Å²) in [6.07, 6.45) is 1.64. The third kappa shape index (κ3) is 5.78. The third-order valence-corrected chi connectivity index (χ3v) is 7.14. The molecule has 1 saturated heterocycles. The zero-order chi connectivity index (χ0) is 24.4. The number of nitrogens with zero attached hydrogens (tertiary/aromatic N) is 2. The molecule has 0 radical (unpaired) electrons. The van der Waals surface area contributed by atoms with Crippen LogP contribution in [0.4, 0.5) is 5.13 Å².